The number of piperidine rings is 1. The Morgan fingerprint density at radius 3 is 2.85 bits per heavy atom. The first-order valence-corrected chi connectivity index (χ1v) is 8.23. The van der Waals surface area contributed by atoms with E-state index >= 15 is 0 Å². The molecule has 0 bridgehead atoms. The van der Waals surface area contributed by atoms with Crippen molar-refractivity contribution in [1.29, 1.82) is 0 Å². The Balaban J connectivity index is 2.16. The maximum atomic E-state index is 13.1. The molecule has 1 aliphatic rings. The number of hydrogen-bond acceptors (Lipinski definition) is 4. The van der Waals surface area contributed by atoms with Crippen LogP contribution in [0.2, 0.25) is 0 Å². The van der Waals surface area contributed by atoms with Gasteiger partial charge in [-0.25, -0.2) is 12.8 Å². The molecule has 2 atom stereocenters. The smallest absolute Gasteiger partial charge is 0.244 e. The molecule has 1 aliphatic heterocycles. The second-order valence-corrected chi connectivity index (χ2v) is 7.07. The van der Waals surface area contributed by atoms with Gasteiger partial charge in [0.15, 0.2) is 0 Å². The van der Waals surface area contributed by atoms with Gasteiger partial charge in [0, 0.05) is 25.3 Å². The minimum Gasteiger partial charge on any atom is -0.314 e. The molecular formula is C13H20FN3O2S. The molecule has 1 fully saturated rings. The summed E-state index contributed by atoms with van der Waals surface area (Å²) in [5.74, 6) is -0.415. The van der Waals surface area contributed by atoms with Gasteiger partial charge in [-0.1, -0.05) is 13.8 Å². The van der Waals surface area contributed by atoms with Crippen molar-refractivity contribution in [3.05, 3.63) is 24.3 Å². The molecule has 5 nitrogen and oxygen atoms in total. The monoisotopic (exact) mass is 301 g/mol. The van der Waals surface area contributed by atoms with Crippen LogP contribution in [0.4, 0.5) is 4.39 Å². The topological polar surface area (TPSA) is 62.3 Å². The lowest BCUT2D eigenvalue weighted by molar-refractivity contribution is 0.222. The van der Waals surface area contributed by atoms with Crippen LogP contribution in [0.25, 0.3) is 0 Å². The third-order valence-electron chi connectivity index (χ3n) is 3.65. The predicted octanol–water partition coefficient (Wildman–Crippen LogP) is 1.23. The summed E-state index contributed by atoms with van der Waals surface area (Å²) >= 11 is 0. The Kier molecular flexibility index (Phi) is 4.72. The highest BCUT2D eigenvalue weighted by Crippen LogP contribution is 2.23. The van der Waals surface area contributed by atoms with E-state index in [1.165, 1.54) is 10.5 Å². The second-order valence-electron chi connectivity index (χ2n) is 5.13. The Morgan fingerprint density at radius 2 is 2.25 bits per heavy atom. The zero-order chi connectivity index (χ0) is 14.8. The van der Waals surface area contributed by atoms with Crippen LogP contribution in [0.15, 0.2) is 23.4 Å². The van der Waals surface area contributed by atoms with Gasteiger partial charge in [-0.3, -0.25) is 4.98 Å². The third-order valence-corrected chi connectivity index (χ3v) is 5.48. The molecule has 20 heavy (non-hydrogen) atoms. The van der Waals surface area contributed by atoms with Crippen LogP contribution in [0, 0.1) is 11.7 Å². The molecular weight excluding hydrogens is 281 g/mol. The number of nitrogens with zero attached hydrogens (tertiary/aromatic N) is 2. The lowest BCUT2D eigenvalue weighted by atomic mass is 9.95. The predicted molar refractivity (Wildman–Crippen MR) is 74.2 cm³/mol. The molecule has 1 aromatic rings. The summed E-state index contributed by atoms with van der Waals surface area (Å²) in [5, 5.41) is 3.36. The van der Waals surface area contributed by atoms with E-state index in [0.717, 1.165) is 25.2 Å². The molecule has 1 saturated heterocycles. The Bertz CT molecular complexity index is 564. The van der Waals surface area contributed by atoms with Gasteiger partial charge in [-0.05, 0) is 24.9 Å². The van der Waals surface area contributed by atoms with Crippen LogP contribution in [-0.2, 0) is 10.0 Å². The molecule has 2 heterocycles. The van der Waals surface area contributed by atoms with E-state index < -0.39 is 15.8 Å². The maximum Gasteiger partial charge on any atom is 0.244 e. The van der Waals surface area contributed by atoms with Crippen molar-refractivity contribution in [2.75, 3.05) is 19.6 Å². The zero-order valence-corrected chi connectivity index (χ0v) is 12.5. The fraction of sp³-hybridized carbons (Fsp3) is 0.615. The van der Waals surface area contributed by atoms with Crippen LogP contribution in [0.1, 0.15) is 20.3 Å². The first-order valence-electron chi connectivity index (χ1n) is 6.79. The van der Waals surface area contributed by atoms with Gasteiger partial charge in [0.05, 0.1) is 6.20 Å². The molecule has 7 heteroatoms. The fourth-order valence-corrected chi connectivity index (χ4v) is 4.10. The standard InChI is InChI=1S/C13H20FN3O2S/c1-3-16-13-4-5-17(9-10(13)2)20(18,19)12-6-11(14)7-15-8-12/h6-8,10,13,16H,3-5,9H2,1-2H3. The van der Waals surface area contributed by atoms with Crippen molar-refractivity contribution < 1.29 is 12.8 Å². The molecule has 1 N–H and O–H groups in total. The van der Waals surface area contributed by atoms with Crippen molar-refractivity contribution in [2.24, 2.45) is 5.92 Å². The van der Waals surface area contributed by atoms with Crippen LogP contribution in [-0.4, -0.2) is 43.4 Å². The highest BCUT2D eigenvalue weighted by molar-refractivity contribution is 7.89. The summed E-state index contributed by atoms with van der Waals surface area (Å²) in [6.07, 6.45) is 2.95. The van der Waals surface area contributed by atoms with Crippen molar-refractivity contribution in [3.8, 4) is 0 Å². The van der Waals surface area contributed by atoms with Crippen LogP contribution < -0.4 is 5.32 Å². The van der Waals surface area contributed by atoms with Crippen LogP contribution in [0.3, 0.4) is 0 Å². The normalized spacial score (nSPS) is 24.8. The number of aromatic nitrogens is 1. The number of nitrogens with one attached hydrogen (secondary N) is 1. The Hall–Kier alpha value is -1.05. The van der Waals surface area contributed by atoms with E-state index in [1.807, 2.05) is 13.8 Å². The lowest BCUT2D eigenvalue weighted by Crippen LogP contribution is -2.50. The van der Waals surface area contributed by atoms with E-state index in [1.54, 1.807) is 0 Å². The molecule has 0 radical (unpaired) electrons. The minimum absolute atomic E-state index is 0.0772. The summed E-state index contributed by atoms with van der Waals surface area (Å²) in [6, 6.07) is 1.35. The van der Waals surface area contributed by atoms with E-state index in [4.69, 9.17) is 0 Å². The van der Waals surface area contributed by atoms with E-state index in [9.17, 15) is 12.8 Å². The molecule has 0 saturated carbocycles. The van der Waals surface area contributed by atoms with E-state index in [0.29, 0.717) is 19.1 Å². The maximum absolute atomic E-state index is 13.1. The molecule has 0 aromatic carbocycles. The quantitative estimate of drug-likeness (QED) is 0.908. The average molecular weight is 301 g/mol. The minimum atomic E-state index is -3.65. The first-order chi connectivity index (χ1) is 9.45. The van der Waals surface area contributed by atoms with Crippen molar-refractivity contribution >= 4 is 10.0 Å². The fourth-order valence-electron chi connectivity index (χ4n) is 2.57. The van der Waals surface area contributed by atoms with Gasteiger partial charge in [0.1, 0.15) is 10.7 Å². The number of hydrogen-bond donors (Lipinski definition) is 1. The summed E-state index contributed by atoms with van der Waals surface area (Å²) in [5.41, 5.74) is 0. The Morgan fingerprint density at radius 1 is 1.50 bits per heavy atom. The Labute approximate surface area is 119 Å². The molecule has 0 aliphatic carbocycles. The summed E-state index contributed by atoms with van der Waals surface area (Å²) < 4.78 is 39.5. The van der Waals surface area contributed by atoms with Crippen LogP contribution in [0.5, 0.6) is 0 Å². The van der Waals surface area contributed by atoms with Gasteiger partial charge in [0.25, 0.3) is 0 Å². The van der Waals surface area contributed by atoms with Gasteiger partial charge in [-0.15, -0.1) is 0 Å². The molecule has 0 spiro atoms. The average Bonchev–Trinajstić information content (AvgIpc) is 2.41. The van der Waals surface area contributed by atoms with Crippen molar-refractivity contribution in [1.82, 2.24) is 14.6 Å². The molecule has 112 valence electrons. The molecule has 2 rings (SSSR count). The second kappa shape index (κ2) is 6.15. The van der Waals surface area contributed by atoms with Crippen LogP contribution >= 0.6 is 0 Å². The van der Waals surface area contributed by atoms with Gasteiger partial charge >= 0.3 is 0 Å². The zero-order valence-electron chi connectivity index (χ0n) is 11.7. The highest BCUT2D eigenvalue weighted by atomic mass is 32.2. The number of pyridine rings is 1. The number of rotatable bonds is 4. The largest absolute Gasteiger partial charge is 0.314 e. The van der Waals surface area contributed by atoms with Gasteiger partial charge in [-0.2, -0.15) is 4.31 Å². The summed E-state index contributed by atoms with van der Waals surface area (Å²) in [6.45, 7) is 5.82. The number of sulfonamides is 1. The first kappa shape index (κ1) is 15.3. The SMILES string of the molecule is CCNC1CCN(S(=O)(=O)c2cncc(F)c2)CC1C. The summed E-state index contributed by atoms with van der Waals surface area (Å²) in [7, 11) is -3.65. The summed E-state index contributed by atoms with van der Waals surface area (Å²) in [4.78, 5) is 3.54. The molecule has 2 unspecified atom stereocenters. The number of halogens is 1. The van der Waals surface area contributed by atoms with Gasteiger partial charge < -0.3 is 5.32 Å². The van der Waals surface area contributed by atoms with Gasteiger partial charge in [0.2, 0.25) is 10.0 Å². The lowest BCUT2D eigenvalue weighted by Gasteiger charge is -2.36. The molecule has 0 amide bonds. The molecule has 1 aromatic heterocycles. The highest BCUT2D eigenvalue weighted by Gasteiger charge is 2.33. The van der Waals surface area contributed by atoms with Crippen molar-refractivity contribution in [2.45, 2.75) is 31.2 Å². The third kappa shape index (κ3) is 3.16. The van der Waals surface area contributed by atoms with E-state index in [-0.39, 0.29) is 10.8 Å². The van der Waals surface area contributed by atoms with Crippen molar-refractivity contribution in [3.63, 3.8) is 0 Å². The van der Waals surface area contributed by atoms with E-state index in [2.05, 4.69) is 10.3 Å².